The minimum Gasteiger partial charge on any atom is -0.355 e. The molecule has 0 bridgehead atoms. The zero-order chi connectivity index (χ0) is 32.0. The van der Waals surface area contributed by atoms with Gasteiger partial charge in [0.15, 0.2) is 0 Å². The summed E-state index contributed by atoms with van der Waals surface area (Å²) >= 11 is 0. The number of fused-ring (bicyclic) bond motifs is 3. The van der Waals surface area contributed by atoms with Crippen LogP contribution >= 0.6 is 0 Å². The molecule has 0 aliphatic rings. The number of aromatic amines is 1. The Labute approximate surface area is 269 Å². The molecule has 3 heteroatoms. The molecule has 45 heavy (non-hydrogen) atoms. The van der Waals surface area contributed by atoms with Crippen LogP contribution < -0.4 is 9.80 Å². The SMILES string of the molecule is CC.CC.CC.c1ccc(N(c2ccccc2)c2ccc3[nH]c4ccc(N(c5ccccc5)c5ccccc5)cc4c3c2)cc1. The van der Waals surface area contributed by atoms with Crippen molar-refractivity contribution in [3.63, 3.8) is 0 Å². The summed E-state index contributed by atoms with van der Waals surface area (Å²) in [4.78, 5) is 8.25. The van der Waals surface area contributed by atoms with Crippen LogP contribution in [0.5, 0.6) is 0 Å². The largest absolute Gasteiger partial charge is 0.355 e. The summed E-state index contributed by atoms with van der Waals surface area (Å²) in [5, 5.41) is 2.39. The fraction of sp³-hybridized carbons (Fsp3) is 0.143. The summed E-state index contributed by atoms with van der Waals surface area (Å²) in [5.74, 6) is 0. The van der Waals surface area contributed by atoms with E-state index in [9.17, 15) is 0 Å². The highest BCUT2D eigenvalue weighted by Crippen LogP contribution is 2.40. The van der Waals surface area contributed by atoms with Crippen LogP contribution in [0.4, 0.5) is 34.1 Å². The maximum absolute atomic E-state index is 3.63. The molecule has 0 aliphatic heterocycles. The van der Waals surface area contributed by atoms with Crippen molar-refractivity contribution in [3.8, 4) is 0 Å². The Morgan fingerprint density at radius 2 is 0.578 bits per heavy atom. The van der Waals surface area contributed by atoms with Gasteiger partial charge in [0.2, 0.25) is 0 Å². The fourth-order valence-electron chi connectivity index (χ4n) is 5.35. The third kappa shape index (κ3) is 7.27. The van der Waals surface area contributed by atoms with Crippen molar-refractivity contribution >= 4 is 55.9 Å². The summed E-state index contributed by atoms with van der Waals surface area (Å²) in [6.45, 7) is 12.0. The Kier molecular flexibility index (Phi) is 12.0. The van der Waals surface area contributed by atoms with E-state index in [1.165, 1.54) is 10.8 Å². The minimum absolute atomic E-state index is 1.12. The van der Waals surface area contributed by atoms with Gasteiger partial charge in [0, 0.05) is 55.9 Å². The van der Waals surface area contributed by atoms with Crippen LogP contribution in [0, 0.1) is 0 Å². The molecule has 228 valence electrons. The average molecular weight is 592 g/mol. The van der Waals surface area contributed by atoms with Crippen LogP contribution in [-0.2, 0) is 0 Å². The summed E-state index contributed by atoms with van der Waals surface area (Å²) in [5.41, 5.74) is 9.00. The highest BCUT2D eigenvalue weighted by molar-refractivity contribution is 6.10. The van der Waals surface area contributed by atoms with Crippen LogP contribution in [0.2, 0.25) is 0 Å². The second kappa shape index (κ2) is 16.5. The van der Waals surface area contributed by atoms with E-state index < -0.39 is 0 Å². The van der Waals surface area contributed by atoms with Gasteiger partial charge >= 0.3 is 0 Å². The lowest BCUT2D eigenvalue weighted by molar-refractivity contribution is 1.29. The molecule has 0 saturated carbocycles. The molecule has 0 fully saturated rings. The first-order valence-corrected chi connectivity index (χ1v) is 16.2. The van der Waals surface area contributed by atoms with E-state index in [4.69, 9.17) is 0 Å². The topological polar surface area (TPSA) is 22.3 Å². The van der Waals surface area contributed by atoms with E-state index in [1.807, 2.05) is 41.5 Å². The molecule has 0 atom stereocenters. The van der Waals surface area contributed by atoms with E-state index >= 15 is 0 Å². The Bertz CT molecular complexity index is 1630. The number of nitrogens with one attached hydrogen (secondary N) is 1. The van der Waals surface area contributed by atoms with Gasteiger partial charge in [-0.1, -0.05) is 114 Å². The van der Waals surface area contributed by atoms with Crippen molar-refractivity contribution in [1.82, 2.24) is 4.98 Å². The molecule has 0 saturated heterocycles. The molecule has 7 aromatic rings. The van der Waals surface area contributed by atoms with Gasteiger partial charge in [0.05, 0.1) is 0 Å². The molecule has 1 heterocycles. The van der Waals surface area contributed by atoms with Gasteiger partial charge in [-0.05, 0) is 84.9 Å². The number of anilines is 6. The van der Waals surface area contributed by atoms with Crippen LogP contribution in [0.15, 0.2) is 158 Å². The monoisotopic (exact) mass is 591 g/mol. The standard InChI is InChI=1S/C36H27N3.3C2H6/c1-5-13-27(14-6-1)38(28-15-7-2-8-16-28)31-21-23-35-33(25-31)34-26-32(22-24-36(34)37-35)39(29-17-9-3-10-18-29)30-19-11-4-12-20-30;3*1-2/h1-26,37H;3*1-2H3. The maximum Gasteiger partial charge on any atom is 0.0469 e. The number of hydrogen-bond acceptors (Lipinski definition) is 2. The molecular formula is C42H45N3. The number of benzene rings is 6. The quantitative estimate of drug-likeness (QED) is 0.208. The van der Waals surface area contributed by atoms with E-state index in [0.29, 0.717) is 0 Å². The Balaban J connectivity index is 0.000000727. The minimum atomic E-state index is 1.12. The lowest BCUT2D eigenvalue weighted by atomic mass is 10.1. The van der Waals surface area contributed by atoms with Gasteiger partial charge in [-0.2, -0.15) is 0 Å². The lowest BCUT2D eigenvalue weighted by Crippen LogP contribution is -2.09. The Morgan fingerprint density at radius 3 is 0.844 bits per heavy atom. The van der Waals surface area contributed by atoms with Crippen LogP contribution in [0.25, 0.3) is 21.8 Å². The van der Waals surface area contributed by atoms with Gasteiger partial charge in [-0.15, -0.1) is 0 Å². The third-order valence-electron chi connectivity index (χ3n) is 7.14. The van der Waals surface area contributed by atoms with E-state index in [1.54, 1.807) is 0 Å². The summed E-state index contributed by atoms with van der Waals surface area (Å²) in [6, 6.07) is 55.5. The Morgan fingerprint density at radius 1 is 0.311 bits per heavy atom. The first kappa shape index (κ1) is 32.6. The maximum atomic E-state index is 3.63. The molecular weight excluding hydrogens is 546 g/mol. The first-order valence-electron chi connectivity index (χ1n) is 16.2. The van der Waals surface area contributed by atoms with Crippen molar-refractivity contribution in [2.75, 3.05) is 9.80 Å². The fourth-order valence-corrected chi connectivity index (χ4v) is 5.35. The molecule has 0 radical (unpaired) electrons. The number of nitrogens with zero attached hydrogens (tertiary/aromatic N) is 2. The number of rotatable bonds is 6. The van der Waals surface area contributed by atoms with Crippen molar-refractivity contribution in [1.29, 1.82) is 0 Å². The first-order chi connectivity index (χ1) is 22.3. The molecule has 3 nitrogen and oxygen atoms in total. The summed E-state index contributed by atoms with van der Waals surface area (Å²) in [6.07, 6.45) is 0. The van der Waals surface area contributed by atoms with Crippen molar-refractivity contribution in [2.45, 2.75) is 41.5 Å². The molecule has 1 aromatic heterocycles. The molecule has 6 aromatic carbocycles. The number of para-hydroxylation sites is 4. The number of aromatic nitrogens is 1. The van der Waals surface area contributed by atoms with Crippen LogP contribution in [0.1, 0.15) is 41.5 Å². The highest BCUT2D eigenvalue weighted by atomic mass is 15.1. The lowest BCUT2D eigenvalue weighted by Gasteiger charge is -2.26. The third-order valence-corrected chi connectivity index (χ3v) is 7.14. The smallest absolute Gasteiger partial charge is 0.0469 e. The van der Waals surface area contributed by atoms with E-state index in [0.717, 1.165) is 45.2 Å². The molecule has 0 unspecified atom stereocenters. The predicted octanol–water partition coefficient (Wildman–Crippen LogP) is 13.3. The van der Waals surface area contributed by atoms with Gasteiger partial charge in [0.1, 0.15) is 0 Å². The zero-order valence-electron chi connectivity index (χ0n) is 27.4. The zero-order valence-corrected chi connectivity index (χ0v) is 27.4. The van der Waals surface area contributed by atoms with E-state index in [2.05, 4.69) is 173 Å². The molecule has 0 spiro atoms. The van der Waals surface area contributed by atoms with Gasteiger partial charge in [-0.25, -0.2) is 0 Å². The van der Waals surface area contributed by atoms with Gasteiger partial charge in [0.25, 0.3) is 0 Å². The van der Waals surface area contributed by atoms with Crippen molar-refractivity contribution < 1.29 is 0 Å². The Hall–Kier alpha value is -5.28. The molecule has 0 amide bonds. The normalized spacial score (nSPS) is 10.0. The van der Waals surface area contributed by atoms with Gasteiger partial charge in [-0.3, -0.25) is 0 Å². The highest BCUT2D eigenvalue weighted by Gasteiger charge is 2.16. The average Bonchev–Trinajstić information content (AvgIpc) is 3.50. The number of H-pyrrole nitrogens is 1. The second-order valence-corrected chi connectivity index (χ2v) is 9.60. The number of hydrogen-bond donors (Lipinski definition) is 1. The summed E-state index contributed by atoms with van der Waals surface area (Å²) in [7, 11) is 0. The van der Waals surface area contributed by atoms with Crippen molar-refractivity contribution in [3.05, 3.63) is 158 Å². The molecule has 1 N–H and O–H groups in total. The van der Waals surface area contributed by atoms with Crippen LogP contribution in [0.3, 0.4) is 0 Å². The second-order valence-electron chi connectivity index (χ2n) is 9.60. The van der Waals surface area contributed by atoms with E-state index in [-0.39, 0.29) is 0 Å². The molecule has 7 rings (SSSR count). The van der Waals surface area contributed by atoms with Gasteiger partial charge < -0.3 is 14.8 Å². The van der Waals surface area contributed by atoms with Crippen LogP contribution in [-0.4, -0.2) is 4.98 Å². The molecule has 0 aliphatic carbocycles. The predicted molar refractivity (Wildman–Crippen MR) is 199 cm³/mol. The van der Waals surface area contributed by atoms with Crippen molar-refractivity contribution in [2.24, 2.45) is 0 Å². The summed E-state index contributed by atoms with van der Waals surface area (Å²) < 4.78 is 0.